The summed E-state index contributed by atoms with van der Waals surface area (Å²) < 4.78 is 26.2. The molecule has 0 bridgehead atoms. The van der Waals surface area contributed by atoms with E-state index in [4.69, 9.17) is 29.8 Å². The molecule has 4 heterocycles. The molecule has 0 radical (unpaired) electrons. The number of anilines is 2. The lowest BCUT2D eigenvalue weighted by Gasteiger charge is -2.13. The molecule has 4 aromatic heterocycles. The summed E-state index contributed by atoms with van der Waals surface area (Å²) in [6.07, 6.45) is 4.77. The zero-order valence-electron chi connectivity index (χ0n) is 32.0. The minimum Gasteiger partial charge on any atom is -0.494 e. The number of aliphatic hydroxyl groups is 1. The van der Waals surface area contributed by atoms with Gasteiger partial charge in [0.1, 0.15) is 22.5 Å². The fraction of sp³-hybridized carbons (Fsp3) is 0.316. The van der Waals surface area contributed by atoms with Gasteiger partial charge in [-0.05, 0) is 37.1 Å². The molecule has 0 aliphatic heterocycles. The van der Waals surface area contributed by atoms with Crippen molar-refractivity contribution in [2.24, 2.45) is 11.5 Å². The number of carbonyl (C=O) groups is 4. The first-order valence-corrected chi connectivity index (χ1v) is 18.0. The number of aromatic nitrogens is 6. The van der Waals surface area contributed by atoms with Crippen molar-refractivity contribution in [1.29, 1.82) is 0 Å². The van der Waals surface area contributed by atoms with Gasteiger partial charge in [0.2, 0.25) is 35.2 Å². The number of imidazole rings is 2. The quantitative estimate of drug-likeness (QED) is 0.0651. The molecule has 6 rings (SSSR count). The summed E-state index contributed by atoms with van der Waals surface area (Å²) in [6.45, 7) is 7.18. The minimum absolute atomic E-state index is 0.0305. The lowest BCUT2D eigenvalue weighted by atomic mass is 10.1. The molecule has 0 saturated carbocycles. The van der Waals surface area contributed by atoms with Crippen molar-refractivity contribution in [3.63, 3.8) is 0 Å². The average Bonchev–Trinajstić information content (AvgIpc) is 3.95. The van der Waals surface area contributed by atoms with E-state index in [-0.39, 0.29) is 72.3 Å². The highest BCUT2D eigenvalue weighted by molar-refractivity contribution is 6.05. The van der Waals surface area contributed by atoms with Crippen molar-refractivity contribution in [3.8, 4) is 11.5 Å². The standard InChI is InChI=1S/C38H42N10O9/c1-6-23-31(56-19(3)41-23)35(52)45-37-43-25-15-21(33(39)50)17-27(54-5)29(25)47(37)11-8-9-12-48-30-26(16-22(34(40)51)18-28(30)55-14-10-13-49)44-38(48)46-36(53)32-24(7-2)42-20(4)57-32/h8-9,15-18,49H,6-7,10-14H2,1-5H3,(H2,39,50)(H2,40,51)(H,43,45,52)(H,44,46,53)/b9-8+. The molecule has 19 heteroatoms. The van der Waals surface area contributed by atoms with Gasteiger partial charge in [-0.3, -0.25) is 29.8 Å². The Kier molecular flexibility index (Phi) is 11.7. The van der Waals surface area contributed by atoms with Gasteiger partial charge in [-0.2, -0.15) is 0 Å². The van der Waals surface area contributed by atoms with E-state index in [1.54, 1.807) is 35.1 Å². The molecular weight excluding hydrogens is 740 g/mol. The van der Waals surface area contributed by atoms with Crippen LogP contribution in [0.1, 0.15) is 85.3 Å². The van der Waals surface area contributed by atoms with Crippen LogP contribution in [0.5, 0.6) is 11.5 Å². The minimum atomic E-state index is -0.716. The molecule has 298 valence electrons. The lowest BCUT2D eigenvalue weighted by Crippen LogP contribution is -2.17. The molecule has 0 aliphatic carbocycles. The van der Waals surface area contributed by atoms with Crippen LogP contribution in [-0.2, 0) is 25.9 Å². The third kappa shape index (κ3) is 8.18. The number of carbonyl (C=O) groups excluding carboxylic acids is 4. The van der Waals surface area contributed by atoms with E-state index in [1.165, 1.54) is 31.4 Å². The molecule has 0 atom stereocenters. The van der Waals surface area contributed by atoms with Crippen LogP contribution in [0, 0.1) is 13.8 Å². The van der Waals surface area contributed by atoms with Gasteiger partial charge in [-0.25, -0.2) is 19.9 Å². The number of nitrogens with one attached hydrogen (secondary N) is 2. The second-order valence-corrected chi connectivity index (χ2v) is 12.7. The van der Waals surface area contributed by atoms with Gasteiger partial charge in [0.25, 0.3) is 11.8 Å². The van der Waals surface area contributed by atoms with E-state index >= 15 is 0 Å². The number of methoxy groups -OCH3 is 1. The van der Waals surface area contributed by atoms with Crippen molar-refractivity contribution in [2.75, 3.05) is 31.0 Å². The molecule has 7 N–H and O–H groups in total. The SMILES string of the molecule is CCc1nc(C)oc1C(=O)Nc1nc2cc(C(N)=O)cc(OC)c2n1C/C=C/Cn1c(NC(=O)c2oc(C)nc2CC)nc2cc(C(N)=O)cc(OCCCO)c21. The number of ether oxygens (including phenoxy) is 2. The number of rotatable bonds is 17. The second-order valence-electron chi connectivity index (χ2n) is 12.7. The highest BCUT2D eigenvalue weighted by Crippen LogP contribution is 2.33. The fourth-order valence-corrected chi connectivity index (χ4v) is 6.25. The Hall–Kier alpha value is -7.02. The number of fused-ring (bicyclic) bond motifs is 2. The van der Waals surface area contributed by atoms with Crippen LogP contribution in [-0.4, -0.2) is 78.1 Å². The lowest BCUT2D eigenvalue weighted by molar-refractivity contribution is 0.0985. The molecule has 0 aliphatic rings. The van der Waals surface area contributed by atoms with Gasteiger partial charge in [-0.1, -0.05) is 26.0 Å². The number of aliphatic hydroxyl groups excluding tert-OH is 1. The Morgan fingerprint density at radius 2 is 1.21 bits per heavy atom. The Labute approximate surface area is 325 Å². The van der Waals surface area contributed by atoms with Crippen LogP contribution >= 0.6 is 0 Å². The summed E-state index contributed by atoms with van der Waals surface area (Å²) in [6, 6.07) is 5.95. The Morgan fingerprint density at radius 3 is 1.63 bits per heavy atom. The molecule has 0 saturated heterocycles. The number of oxazole rings is 2. The molecule has 19 nitrogen and oxygen atoms in total. The zero-order chi connectivity index (χ0) is 41.0. The molecular formula is C38H42N10O9. The number of amides is 4. The van der Waals surface area contributed by atoms with Crippen LogP contribution in [0.2, 0.25) is 0 Å². The monoisotopic (exact) mass is 782 g/mol. The fourth-order valence-electron chi connectivity index (χ4n) is 6.25. The maximum absolute atomic E-state index is 13.6. The van der Waals surface area contributed by atoms with Crippen LogP contribution < -0.4 is 31.6 Å². The number of hydrogen-bond acceptors (Lipinski definition) is 13. The molecule has 0 spiro atoms. The Bertz CT molecular complexity index is 2540. The second kappa shape index (κ2) is 16.8. The summed E-state index contributed by atoms with van der Waals surface area (Å²) in [5.74, 6) is -1.11. The van der Waals surface area contributed by atoms with E-state index in [0.717, 1.165) is 0 Å². The Balaban J connectivity index is 1.41. The number of nitrogens with two attached hydrogens (primary N) is 2. The molecule has 57 heavy (non-hydrogen) atoms. The van der Waals surface area contributed by atoms with Crippen LogP contribution in [0.3, 0.4) is 0 Å². The van der Waals surface area contributed by atoms with Gasteiger partial charge in [0.15, 0.2) is 11.8 Å². The third-order valence-corrected chi connectivity index (χ3v) is 8.85. The maximum Gasteiger partial charge on any atom is 0.295 e. The van der Waals surface area contributed by atoms with E-state index in [1.807, 2.05) is 13.8 Å². The highest BCUT2D eigenvalue weighted by Gasteiger charge is 2.25. The maximum atomic E-state index is 13.6. The summed E-state index contributed by atoms with van der Waals surface area (Å²) in [5, 5.41) is 15.0. The van der Waals surface area contributed by atoms with Crippen molar-refractivity contribution in [3.05, 3.63) is 82.2 Å². The number of benzene rings is 2. The number of primary amides is 2. The van der Waals surface area contributed by atoms with Gasteiger partial charge in [-0.15, -0.1) is 0 Å². The zero-order valence-corrected chi connectivity index (χ0v) is 32.0. The summed E-state index contributed by atoms with van der Waals surface area (Å²) in [5.41, 5.74) is 14.0. The first-order valence-electron chi connectivity index (χ1n) is 18.0. The van der Waals surface area contributed by atoms with Crippen LogP contribution in [0.4, 0.5) is 11.9 Å². The topological polar surface area (TPSA) is 271 Å². The molecule has 4 amide bonds. The Morgan fingerprint density at radius 1 is 0.754 bits per heavy atom. The first kappa shape index (κ1) is 39.7. The van der Waals surface area contributed by atoms with Crippen molar-refractivity contribution < 1.29 is 42.6 Å². The normalized spacial score (nSPS) is 11.5. The number of allylic oxidation sites excluding steroid dienone is 2. The highest BCUT2D eigenvalue weighted by atomic mass is 16.5. The van der Waals surface area contributed by atoms with E-state index in [0.29, 0.717) is 64.5 Å². The van der Waals surface area contributed by atoms with Gasteiger partial charge < -0.3 is 44.0 Å². The number of hydrogen-bond donors (Lipinski definition) is 5. The van der Waals surface area contributed by atoms with Gasteiger partial charge in [0.05, 0.1) is 36.1 Å². The number of aryl methyl sites for hydroxylation is 4. The van der Waals surface area contributed by atoms with Crippen molar-refractivity contribution in [2.45, 2.75) is 60.0 Å². The predicted octanol–water partition coefficient (Wildman–Crippen LogP) is 3.83. The molecule has 6 aromatic rings. The summed E-state index contributed by atoms with van der Waals surface area (Å²) in [4.78, 5) is 69.4. The van der Waals surface area contributed by atoms with Gasteiger partial charge >= 0.3 is 0 Å². The number of nitrogens with zero attached hydrogens (tertiary/aromatic N) is 6. The van der Waals surface area contributed by atoms with Crippen LogP contribution in [0.25, 0.3) is 22.1 Å². The van der Waals surface area contributed by atoms with E-state index in [2.05, 4.69) is 30.6 Å². The summed E-state index contributed by atoms with van der Waals surface area (Å²) >= 11 is 0. The predicted molar refractivity (Wildman–Crippen MR) is 207 cm³/mol. The van der Waals surface area contributed by atoms with Crippen LogP contribution in [0.15, 0.2) is 45.3 Å². The van der Waals surface area contributed by atoms with E-state index in [9.17, 15) is 24.3 Å². The van der Waals surface area contributed by atoms with Crippen molar-refractivity contribution >= 4 is 57.6 Å². The smallest absolute Gasteiger partial charge is 0.295 e. The first-order chi connectivity index (χ1) is 27.4. The molecule has 2 aromatic carbocycles. The summed E-state index contributed by atoms with van der Waals surface area (Å²) in [7, 11) is 1.43. The van der Waals surface area contributed by atoms with E-state index < -0.39 is 23.6 Å². The third-order valence-electron chi connectivity index (χ3n) is 8.85. The van der Waals surface area contributed by atoms with Gasteiger partial charge in [0, 0.05) is 51.1 Å². The molecule has 0 unspecified atom stereocenters. The van der Waals surface area contributed by atoms with Crippen molar-refractivity contribution in [1.82, 2.24) is 29.1 Å². The average molecular weight is 783 g/mol. The molecule has 0 fully saturated rings. The largest absolute Gasteiger partial charge is 0.494 e.